The molecule has 2 N–H and O–H groups in total. The predicted molar refractivity (Wildman–Crippen MR) is 124 cm³/mol. The summed E-state index contributed by atoms with van der Waals surface area (Å²) in [5, 5.41) is 10.3. The number of rotatable bonds is 7. The first kappa shape index (κ1) is 21.7. The summed E-state index contributed by atoms with van der Waals surface area (Å²) in [5.41, 5.74) is 2.92. The van der Waals surface area contributed by atoms with Gasteiger partial charge in [0.05, 0.1) is 17.5 Å². The molecule has 1 fully saturated rings. The second-order valence-corrected chi connectivity index (χ2v) is 8.22. The third-order valence-electron chi connectivity index (χ3n) is 6.23. The van der Waals surface area contributed by atoms with Crippen molar-refractivity contribution < 1.29 is 9.59 Å². The molecule has 0 spiro atoms. The lowest BCUT2D eigenvalue weighted by Gasteiger charge is -2.29. The number of carbonyl (C=O) groups excluding carboxylic acids is 2. The van der Waals surface area contributed by atoms with Gasteiger partial charge in [-0.3, -0.25) is 19.7 Å². The van der Waals surface area contributed by atoms with Gasteiger partial charge < -0.3 is 10.2 Å². The van der Waals surface area contributed by atoms with E-state index in [4.69, 9.17) is 0 Å². The van der Waals surface area contributed by atoms with Crippen molar-refractivity contribution in [2.45, 2.75) is 38.5 Å². The minimum absolute atomic E-state index is 0.0211. The average Bonchev–Trinajstić information content (AvgIpc) is 3.34. The number of hydrogen-bond acceptors (Lipinski definition) is 4. The summed E-state index contributed by atoms with van der Waals surface area (Å²) in [7, 11) is 0. The van der Waals surface area contributed by atoms with Crippen LogP contribution in [0.15, 0.2) is 60.9 Å². The monoisotopic (exact) mass is 431 g/mol. The molecule has 0 atom stereocenters. The fraction of sp³-hybridized carbons (Fsp3) is 0.360. The summed E-state index contributed by atoms with van der Waals surface area (Å²) >= 11 is 0. The van der Waals surface area contributed by atoms with Crippen LogP contribution >= 0.6 is 0 Å². The number of nitrogens with one attached hydrogen (secondary N) is 2. The Morgan fingerprint density at radius 3 is 2.50 bits per heavy atom. The maximum absolute atomic E-state index is 13.3. The van der Waals surface area contributed by atoms with E-state index in [9.17, 15) is 9.59 Å². The van der Waals surface area contributed by atoms with Gasteiger partial charge in [-0.25, -0.2) is 0 Å². The van der Waals surface area contributed by atoms with E-state index in [2.05, 4.69) is 20.5 Å². The van der Waals surface area contributed by atoms with Gasteiger partial charge in [0.1, 0.15) is 5.69 Å². The second-order valence-electron chi connectivity index (χ2n) is 8.22. The third kappa shape index (κ3) is 4.88. The number of anilines is 1. The molecule has 0 radical (unpaired) electrons. The number of aromatic amines is 1. The lowest BCUT2D eigenvalue weighted by atomic mass is 9.79. The molecular formula is C25H29N5O2. The normalized spacial score (nSPS) is 18.2. The van der Waals surface area contributed by atoms with Crippen LogP contribution < -0.4 is 10.2 Å². The van der Waals surface area contributed by atoms with Gasteiger partial charge in [-0.15, -0.1) is 0 Å². The Kier molecular flexibility index (Phi) is 6.94. The van der Waals surface area contributed by atoms with Crippen LogP contribution in [0, 0.1) is 5.92 Å². The number of nitrogens with zero attached hydrogens (tertiary/aromatic N) is 3. The first-order valence-corrected chi connectivity index (χ1v) is 11.3. The highest BCUT2D eigenvalue weighted by atomic mass is 16.2. The number of H-pyrrole nitrogens is 1. The van der Waals surface area contributed by atoms with Gasteiger partial charge in [0, 0.05) is 30.9 Å². The highest BCUT2D eigenvalue weighted by molar-refractivity contribution is 6.06. The number of hydrogen-bond donors (Lipinski definition) is 2. The van der Waals surface area contributed by atoms with Crippen LogP contribution in [-0.4, -0.2) is 40.1 Å². The SMILES string of the molecule is CCN(C(=O)c1cn[nH]c1C1CCC(CNC(=O)c2ccccn2)CC1)c1ccccc1. The first-order valence-electron chi connectivity index (χ1n) is 11.3. The molecule has 7 heteroatoms. The number of para-hydroxylation sites is 1. The van der Waals surface area contributed by atoms with Crippen molar-refractivity contribution in [2.24, 2.45) is 5.92 Å². The van der Waals surface area contributed by atoms with Crippen molar-refractivity contribution in [3.05, 3.63) is 77.9 Å². The summed E-state index contributed by atoms with van der Waals surface area (Å²) in [5.74, 6) is 0.549. The molecule has 0 bridgehead atoms. The van der Waals surface area contributed by atoms with Crippen LogP contribution in [0.5, 0.6) is 0 Å². The second kappa shape index (κ2) is 10.2. The predicted octanol–water partition coefficient (Wildman–Crippen LogP) is 4.18. The maximum atomic E-state index is 13.3. The number of carbonyl (C=O) groups is 2. The average molecular weight is 432 g/mol. The largest absolute Gasteiger partial charge is 0.350 e. The van der Waals surface area contributed by atoms with E-state index >= 15 is 0 Å². The minimum Gasteiger partial charge on any atom is -0.350 e. The number of benzene rings is 1. The van der Waals surface area contributed by atoms with Gasteiger partial charge >= 0.3 is 0 Å². The van der Waals surface area contributed by atoms with E-state index in [0.29, 0.717) is 30.3 Å². The molecule has 2 amide bonds. The third-order valence-corrected chi connectivity index (χ3v) is 6.23. The van der Waals surface area contributed by atoms with Gasteiger partial charge in [0.15, 0.2) is 0 Å². The van der Waals surface area contributed by atoms with E-state index < -0.39 is 0 Å². The molecule has 0 saturated heterocycles. The molecule has 2 heterocycles. The van der Waals surface area contributed by atoms with E-state index in [1.54, 1.807) is 29.4 Å². The van der Waals surface area contributed by atoms with E-state index in [0.717, 1.165) is 37.1 Å². The molecule has 0 unspecified atom stereocenters. The Bertz CT molecular complexity index is 1030. The minimum atomic E-state index is -0.130. The van der Waals surface area contributed by atoms with Crippen molar-refractivity contribution in [1.82, 2.24) is 20.5 Å². The molecule has 1 aromatic carbocycles. The molecule has 2 aromatic heterocycles. The van der Waals surface area contributed by atoms with Crippen LogP contribution in [0.25, 0.3) is 0 Å². The summed E-state index contributed by atoms with van der Waals surface area (Å²) < 4.78 is 0. The molecule has 0 aliphatic heterocycles. The lowest BCUT2D eigenvalue weighted by Crippen LogP contribution is -2.33. The van der Waals surface area contributed by atoms with Crippen molar-refractivity contribution in [2.75, 3.05) is 18.0 Å². The van der Waals surface area contributed by atoms with Gasteiger partial charge in [-0.2, -0.15) is 5.10 Å². The number of amides is 2. The van der Waals surface area contributed by atoms with Crippen LogP contribution in [0.3, 0.4) is 0 Å². The standard InChI is InChI=1S/C25H29N5O2/c1-2-30(20-8-4-3-5-9-20)25(32)21-17-28-29-23(21)19-13-11-18(12-14-19)16-27-24(31)22-10-6-7-15-26-22/h3-10,15,17-19H,2,11-14,16H2,1H3,(H,27,31)(H,28,29). The first-order chi connectivity index (χ1) is 15.7. The Balaban J connectivity index is 1.35. The fourth-order valence-corrected chi connectivity index (χ4v) is 4.45. The summed E-state index contributed by atoms with van der Waals surface area (Å²) in [4.78, 5) is 31.4. The zero-order chi connectivity index (χ0) is 22.3. The smallest absolute Gasteiger partial charge is 0.269 e. The fourth-order valence-electron chi connectivity index (χ4n) is 4.45. The molecule has 1 saturated carbocycles. The quantitative estimate of drug-likeness (QED) is 0.587. The molecule has 3 aromatic rings. The Labute approximate surface area is 188 Å². The Morgan fingerprint density at radius 1 is 1.06 bits per heavy atom. The molecule has 32 heavy (non-hydrogen) atoms. The topological polar surface area (TPSA) is 91.0 Å². The van der Waals surface area contributed by atoms with Crippen molar-refractivity contribution in [1.29, 1.82) is 0 Å². The molecule has 1 aliphatic rings. The molecule has 166 valence electrons. The highest BCUT2D eigenvalue weighted by Gasteiger charge is 2.29. The van der Waals surface area contributed by atoms with Gasteiger partial charge in [-0.1, -0.05) is 24.3 Å². The number of aromatic nitrogens is 3. The molecule has 1 aliphatic carbocycles. The zero-order valence-corrected chi connectivity index (χ0v) is 18.3. The lowest BCUT2D eigenvalue weighted by molar-refractivity contribution is 0.0935. The van der Waals surface area contributed by atoms with Gasteiger partial charge in [0.2, 0.25) is 0 Å². The van der Waals surface area contributed by atoms with Crippen molar-refractivity contribution in [3.63, 3.8) is 0 Å². The zero-order valence-electron chi connectivity index (χ0n) is 18.3. The van der Waals surface area contributed by atoms with Crippen LogP contribution in [-0.2, 0) is 0 Å². The molecule has 7 nitrogen and oxygen atoms in total. The highest BCUT2D eigenvalue weighted by Crippen LogP contribution is 2.36. The van der Waals surface area contributed by atoms with Crippen LogP contribution in [0.4, 0.5) is 5.69 Å². The van der Waals surface area contributed by atoms with E-state index in [1.807, 2.05) is 43.3 Å². The van der Waals surface area contributed by atoms with Crippen molar-refractivity contribution in [3.8, 4) is 0 Å². The van der Waals surface area contributed by atoms with Crippen molar-refractivity contribution >= 4 is 17.5 Å². The van der Waals surface area contributed by atoms with Crippen LogP contribution in [0.1, 0.15) is 65.1 Å². The van der Waals surface area contributed by atoms with E-state index in [-0.39, 0.29) is 17.7 Å². The van der Waals surface area contributed by atoms with Gasteiger partial charge in [0.25, 0.3) is 11.8 Å². The Morgan fingerprint density at radius 2 is 1.81 bits per heavy atom. The number of pyridine rings is 1. The molecular weight excluding hydrogens is 402 g/mol. The van der Waals surface area contributed by atoms with Gasteiger partial charge in [-0.05, 0) is 62.8 Å². The summed E-state index contributed by atoms with van der Waals surface area (Å²) in [6, 6.07) is 15.1. The Hall–Kier alpha value is -3.48. The maximum Gasteiger partial charge on any atom is 0.269 e. The summed E-state index contributed by atoms with van der Waals surface area (Å²) in [6.07, 6.45) is 7.20. The molecule has 4 rings (SSSR count). The van der Waals surface area contributed by atoms with E-state index in [1.165, 1.54) is 0 Å². The summed E-state index contributed by atoms with van der Waals surface area (Å²) in [6.45, 7) is 3.22. The van der Waals surface area contributed by atoms with Crippen LogP contribution in [0.2, 0.25) is 0 Å².